The second-order valence-electron chi connectivity index (χ2n) is 3.23. The zero-order chi connectivity index (χ0) is 11.6. The van der Waals surface area contributed by atoms with Crippen molar-refractivity contribution in [1.29, 1.82) is 0 Å². The molecule has 1 rings (SSSR count). The highest BCUT2D eigenvalue weighted by atomic mass is 14.8. The van der Waals surface area contributed by atoms with Crippen molar-refractivity contribution in [3.8, 4) is 0 Å². The lowest BCUT2D eigenvalue weighted by Gasteiger charge is -1.91. The van der Waals surface area contributed by atoms with Gasteiger partial charge in [0.25, 0.3) is 0 Å². The molecule has 0 atom stereocenters. The van der Waals surface area contributed by atoms with Crippen molar-refractivity contribution in [1.82, 2.24) is 0 Å². The smallest absolute Gasteiger partial charge is 0.109 e. The third-order valence-corrected chi connectivity index (χ3v) is 1.76. The molecule has 1 aliphatic rings. The van der Waals surface area contributed by atoms with E-state index in [2.05, 4.69) is 28.1 Å². The van der Waals surface area contributed by atoms with Crippen LogP contribution in [-0.2, 0) is 0 Å². The van der Waals surface area contributed by atoms with E-state index in [9.17, 15) is 0 Å². The monoisotopic (exact) mass is 213 g/mol. The highest BCUT2D eigenvalue weighted by molar-refractivity contribution is 5.88. The van der Waals surface area contributed by atoms with Crippen LogP contribution in [0.3, 0.4) is 0 Å². The van der Waals surface area contributed by atoms with Gasteiger partial charge in [0.1, 0.15) is 6.34 Å². The number of allylic oxidation sites excluding steroid dienone is 4. The first kappa shape index (κ1) is 12.0. The molecule has 0 aliphatic carbocycles. The predicted octanol–water partition coefficient (Wildman–Crippen LogP) is 2.74. The Bertz CT molecular complexity index is 357. The fourth-order valence-corrected chi connectivity index (χ4v) is 0.957. The molecule has 0 bridgehead atoms. The molecule has 0 fully saturated rings. The SMILES string of the molecule is C=C1C=NC=NCC/C=C\N=CC(=C)/C=C\1. The van der Waals surface area contributed by atoms with E-state index in [1.165, 1.54) is 6.34 Å². The van der Waals surface area contributed by atoms with Crippen molar-refractivity contribution in [3.63, 3.8) is 0 Å². The molecule has 0 radical (unpaired) electrons. The zero-order valence-electron chi connectivity index (χ0n) is 9.21. The Kier molecular flexibility index (Phi) is 5.48. The second kappa shape index (κ2) is 7.29. The highest BCUT2D eigenvalue weighted by Gasteiger charge is 1.84. The lowest BCUT2D eigenvalue weighted by atomic mass is 10.2. The molecule has 0 aromatic heterocycles. The Morgan fingerprint density at radius 2 is 1.69 bits per heavy atom. The molecule has 0 saturated carbocycles. The number of nitrogens with zero attached hydrogens (tertiary/aromatic N) is 3. The van der Waals surface area contributed by atoms with Crippen LogP contribution in [0.15, 0.2) is 63.7 Å². The molecule has 0 aromatic rings. The van der Waals surface area contributed by atoms with Gasteiger partial charge in [-0.3, -0.25) is 9.98 Å². The molecule has 1 heterocycles. The fraction of sp³-hybridized carbons (Fsp3) is 0.154. The van der Waals surface area contributed by atoms with E-state index in [0.717, 1.165) is 17.6 Å². The normalized spacial score (nSPS) is 21.8. The minimum Gasteiger partial charge on any atom is -0.273 e. The number of aliphatic imine (C=N–C) groups is 3. The van der Waals surface area contributed by atoms with E-state index >= 15 is 0 Å². The second-order valence-corrected chi connectivity index (χ2v) is 3.23. The van der Waals surface area contributed by atoms with Crippen LogP contribution in [0.2, 0.25) is 0 Å². The lowest BCUT2D eigenvalue weighted by Crippen LogP contribution is -1.83. The van der Waals surface area contributed by atoms with Crippen LogP contribution in [-0.4, -0.2) is 25.3 Å². The molecular formula is C13H15N3. The summed E-state index contributed by atoms with van der Waals surface area (Å²) in [6, 6.07) is 0. The van der Waals surface area contributed by atoms with Crippen molar-refractivity contribution in [2.75, 3.05) is 6.54 Å². The highest BCUT2D eigenvalue weighted by Crippen LogP contribution is 1.95. The summed E-state index contributed by atoms with van der Waals surface area (Å²) in [5.41, 5.74) is 1.62. The molecule has 0 aromatic carbocycles. The molecule has 0 N–H and O–H groups in total. The summed E-state index contributed by atoms with van der Waals surface area (Å²) >= 11 is 0. The van der Waals surface area contributed by atoms with Crippen molar-refractivity contribution in [2.45, 2.75) is 6.42 Å². The van der Waals surface area contributed by atoms with Crippen LogP contribution in [0.1, 0.15) is 6.42 Å². The zero-order valence-corrected chi connectivity index (χ0v) is 9.21. The Hall–Kier alpha value is -2.03. The van der Waals surface area contributed by atoms with Gasteiger partial charge in [-0.05, 0) is 17.6 Å². The van der Waals surface area contributed by atoms with Crippen LogP contribution in [0.5, 0.6) is 0 Å². The van der Waals surface area contributed by atoms with Gasteiger partial charge < -0.3 is 0 Å². The van der Waals surface area contributed by atoms with Crippen LogP contribution >= 0.6 is 0 Å². The standard InChI is InChI=1S/C13H15N3/c1-12-5-6-13(2)10-16-11-15-8-4-3-7-14-9-12/h3,5-7,9-11H,1-2,4,8H2/b6-5-,7-3-,14-9?,15-11?,16-10?. The van der Waals surface area contributed by atoms with Crippen LogP contribution in [0.4, 0.5) is 0 Å². The summed E-state index contributed by atoms with van der Waals surface area (Å²) in [6.45, 7) is 8.37. The first-order valence-corrected chi connectivity index (χ1v) is 5.04. The molecule has 1 aliphatic heterocycles. The average Bonchev–Trinajstić information content (AvgIpc) is 2.28. The van der Waals surface area contributed by atoms with Gasteiger partial charge in [-0.2, -0.15) is 0 Å². The average molecular weight is 213 g/mol. The minimum atomic E-state index is 0.715. The summed E-state index contributed by atoms with van der Waals surface area (Å²) in [4.78, 5) is 12.2. The number of hydrogen-bond acceptors (Lipinski definition) is 3. The Balaban J connectivity index is 2.75. The van der Waals surface area contributed by atoms with Gasteiger partial charge in [0, 0.05) is 25.2 Å². The Morgan fingerprint density at radius 3 is 2.44 bits per heavy atom. The van der Waals surface area contributed by atoms with Crippen LogP contribution in [0, 0.1) is 0 Å². The lowest BCUT2D eigenvalue weighted by molar-refractivity contribution is 1.01. The molecule has 16 heavy (non-hydrogen) atoms. The first-order chi connectivity index (χ1) is 7.79. The number of rotatable bonds is 0. The topological polar surface area (TPSA) is 37.1 Å². The Labute approximate surface area is 96.0 Å². The molecule has 82 valence electrons. The van der Waals surface area contributed by atoms with Crippen LogP contribution < -0.4 is 0 Å². The summed E-state index contributed by atoms with van der Waals surface area (Å²) in [5, 5.41) is 0. The molecule has 0 amide bonds. The summed E-state index contributed by atoms with van der Waals surface area (Å²) in [7, 11) is 0. The fourth-order valence-electron chi connectivity index (χ4n) is 0.957. The minimum absolute atomic E-state index is 0.715. The van der Waals surface area contributed by atoms with E-state index in [1.807, 2.05) is 18.2 Å². The van der Waals surface area contributed by atoms with E-state index < -0.39 is 0 Å². The van der Waals surface area contributed by atoms with E-state index in [1.54, 1.807) is 18.6 Å². The predicted molar refractivity (Wildman–Crippen MR) is 71.5 cm³/mol. The largest absolute Gasteiger partial charge is 0.273 e. The van der Waals surface area contributed by atoms with E-state index in [0.29, 0.717) is 6.54 Å². The molecule has 3 nitrogen and oxygen atoms in total. The van der Waals surface area contributed by atoms with Crippen molar-refractivity contribution < 1.29 is 0 Å². The van der Waals surface area contributed by atoms with Gasteiger partial charge in [0.2, 0.25) is 0 Å². The third-order valence-electron chi connectivity index (χ3n) is 1.76. The summed E-state index contributed by atoms with van der Waals surface area (Å²) in [6.07, 6.45) is 13.1. The molecule has 0 unspecified atom stereocenters. The van der Waals surface area contributed by atoms with Crippen molar-refractivity contribution in [3.05, 3.63) is 48.7 Å². The van der Waals surface area contributed by atoms with Crippen molar-refractivity contribution >= 4 is 18.8 Å². The van der Waals surface area contributed by atoms with E-state index in [4.69, 9.17) is 0 Å². The first-order valence-electron chi connectivity index (χ1n) is 5.04. The molecule has 3 heteroatoms. The van der Waals surface area contributed by atoms with Gasteiger partial charge in [0.15, 0.2) is 0 Å². The maximum absolute atomic E-state index is 4.10. The third kappa shape index (κ3) is 5.65. The molecule has 0 spiro atoms. The van der Waals surface area contributed by atoms with Crippen molar-refractivity contribution in [2.24, 2.45) is 15.0 Å². The number of hydrogen-bond donors (Lipinski definition) is 0. The summed E-state index contributed by atoms with van der Waals surface area (Å²) < 4.78 is 0. The maximum atomic E-state index is 4.10. The van der Waals surface area contributed by atoms with Gasteiger partial charge in [-0.1, -0.05) is 31.4 Å². The molecule has 0 saturated heterocycles. The quantitative estimate of drug-likeness (QED) is 0.593. The summed E-state index contributed by atoms with van der Waals surface area (Å²) in [5.74, 6) is 0. The van der Waals surface area contributed by atoms with Crippen LogP contribution in [0.25, 0.3) is 0 Å². The van der Waals surface area contributed by atoms with E-state index in [-0.39, 0.29) is 0 Å². The van der Waals surface area contributed by atoms with Gasteiger partial charge >= 0.3 is 0 Å². The van der Waals surface area contributed by atoms with Gasteiger partial charge in [0.05, 0.1) is 0 Å². The van der Waals surface area contributed by atoms with Gasteiger partial charge in [-0.15, -0.1) is 0 Å². The molecular weight excluding hydrogens is 198 g/mol. The Morgan fingerprint density at radius 1 is 1.00 bits per heavy atom. The van der Waals surface area contributed by atoms with Gasteiger partial charge in [-0.25, -0.2) is 4.99 Å². The maximum Gasteiger partial charge on any atom is 0.109 e.